The minimum atomic E-state index is 0.554. The fourth-order valence-corrected chi connectivity index (χ4v) is 2.89. The second-order valence-corrected chi connectivity index (χ2v) is 5.70. The van der Waals surface area contributed by atoms with Crippen molar-refractivity contribution in [2.45, 2.75) is 58.7 Å². The van der Waals surface area contributed by atoms with Crippen LogP contribution in [0.3, 0.4) is 0 Å². The van der Waals surface area contributed by atoms with Gasteiger partial charge in [-0.3, -0.25) is 9.58 Å². The first-order valence-electron chi connectivity index (χ1n) is 7.72. The van der Waals surface area contributed by atoms with Gasteiger partial charge in [-0.15, -0.1) is 0 Å². The molecule has 1 aliphatic heterocycles. The molecule has 1 aliphatic rings. The van der Waals surface area contributed by atoms with Crippen LogP contribution in [0.5, 0.6) is 0 Å². The predicted molar refractivity (Wildman–Crippen MR) is 79.2 cm³/mol. The van der Waals surface area contributed by atoms with Crippen molar-refractivity contribution in [1.82, 2.24) is 20.0 Å². The molecule has 1 aromatic heterocycles. The highest BCUT2D eigenvalue weighted by Gasteiger charge is 2.15. The molecule has 0 radical (unpaired) electrons. The van der Waals surface area contributed by atoms with E-state index in [1.54, 1.807) is 0 Å². The van der Waals surface area contributed by atoms with Gasteiger partial charge in [-0.1, -0.05) is 13.8 Å². The highest BCUT2D eigenvalue weighted by atomic mass is 15.3. The van der Waals surface area contributed by atoms with Gasteiger partial charge >= 0.3 is 0 Å². The smallest absolute Gasteiger partial charge is 0.0764 e. The highest BCUT2D eigenvalue weighted by Crippen LogP contribution is 2.15. The van der Waals surface area contributed by atoms with Gasteiger partial charge in [0.15, 0.2) is 0 Å². The maximum Gasteiger partial charge on any atom is 0.0764 e. The van der Waals surface area contributed by atoms with E-state index in [-0.39, 0.29) is 0 Å². The molecule has 0 aromatic carbocycles. The van der Waals surface area contributed by atoms with Gasteiger partial charge in [0.2, 0.25) is 0 Å². The summed E-state index contributed by atoms with van der Waals surface area (Å²) in [6.07, 6.45) is 5.69. The molecule has 19 heavy (non-hydrogen) atoms. The average molecular weight is 264 g/mol. The third-order valence-corrected chi connectivity index (χ3v) is 4.04. The van der Waals surface area contributed by atoms with Crippen molar-refractivity contribution in [3.63, 3.8) is 0 Å². The van der Waals surface area contributed by atoms with Crippen molar-refractivity contribution in [2.75, 3.05) is 19.6 Å². The van der Waals surface area contributed by atoms with E-state index in [4.69, 9.17) is 5.10 Å². The first-order chi connectivity index (χ1) is 9.22. The van der Waals surface area contributed by atoms with E-state index in [1.165, 1.54) is 18.7 Å². The van der Waals surface area contributed by atoms with E-state index in [1.807, 2.05) is 0 Å². The van der Waals surface area contributed by atoms with Crippen molar-refractivity contribution in [3.8, 4) is 0 Å². The zero-order chi connectivity index (χ0) is 13.7. The number of nitrogens with zero attached hydrogens (tertiary/aromatic N) is 3. The highest BCUT2D eigenvalue weighted by molar-refractivity contribution is 5.00. The summed E-state index contributed by atoms with van der Waals surface area (Å²) in [6.45, 7) is 11.2. The molecule has 2 heterocycles. The Bertz CT molecular complexity index is 370. The molecule has 0 spiro atoms. The number of hydrogen-bond acceptors (Lipinski definition) is 3. The van der Waals surface area contributed by atoms with Crippen LogP contribution in [0, 0.1) is 0 Å². The summed E-state index contributed by atoms with van der Waals surface area (Å²) in [5.74, 6) is 0. The van der Waals surface area contributed by atoms with Gasteiger partial charge in [-0.25, -0.2) is 0 Å². The number of aromatic nitrogens is 2. The Morgan fingerprint density at radius 2 is 2.21 bits per heavy atom. The van der Waals surface area contributed by atoms with Crippen LogP contribution in [0.25, 0.3) is 0 Å². The molecule has 2 rings (SSSR count). The Hall–Kier alpha value is -0.870. The van der Waals surface area contributed by atoms with E-state index in [2.05, 4.69) is 47.9 Å². The molecule has 0 aliphatic carbocycles. The monoisotopic (exact) mass is 264 g/mol. The lowest BCUT2D eigenvalue weighted by molar-refractivity contribution is 0.260. The van der Waals surface area contributed by atoms with Crippen LogP contribution in [-0.4, -0.2) is 40.4 Å². The van der Waals surface area contributed by atoms with Gasteiger partial charge in [0.1, 0.15) is 0 Å². The quantitative estimate of drug-likeness (QED) is 0.886. The first kappa shape index (κ1) is 14.5. The summed E-state index contributed by atoms with van der Waals surface area (Å²) in [7, 11) is 0. The van der Waals surface area contributed by atoms with Gasteiger partial charge in [-0.05, 0) is 45.3 Å². The molecule has 0 bridgehead atoms. The number of rotatable bonds is 5. The van der Waals surface area contributed by atoms with Gasteiger partial charge in [0.25, 0.3) is 0 Å². The Kier molecular flexibility index (Phi) is 5.40. The molecular formula is C15H28N4. The Morgan fingerprint density at radius 3 is 2.95 bits per heavy atom. The van der Waals surface area contributed by atoms with Crippen molar-refractivity contribution in [1.29, 1.82) is 0 Å². The molecule has 1 atom stereocenters. The van der Waals surface area contributed by atoms with Crippen molar-refractivity contribution < 1.29 is 0 Å². The summed E-state index contributed by atoms with van der Waals surface area (Å²) in [4.78, 5) is 2.52. The second kappa shape index (κ2) is 7.06. The summed E-state index contributed by atoms with van der Waals surface area (Å²) < 4.78 is 2.15. The minimum absolute atomic E-state index is 0.554. The second-order valence-electron chi connectivity index (χ2n) is 5.70. The molecule has 0 saturated carbocycles. The summed E-state index contributed by atoms with van der Waals surface area (Å²) >= 11 is 0. The van der Waals surface area contributed by atoms with Crippen LogP contribution in [0.15, 0.2) is 12.3 Å². The lowest BCUT2D eigenvalue weighted by Gasteiger charge is -2.21. The molecule has 1 saturated heterocycles. The lowest BCUT2D eigenvalue weighted by atomic mass is 10.2. The summed E-state index contributed by atoms with van der Waals surface area (Å²) in [5.41, 5.74) is 1.21. The summed E-state index contributed by atoms with van der Waals surface area (Å²) in [5, 5.41) is 8.29. The fourth-order valence-electron chi connectivity index (χ4n) is 2.89. The largest absolute Gasteiger partial charge is 0.313 e. The number of nitrogens with one attached hydrogen (secondary N) is 1. The molecule has 1 aromatic rings. The molecule has 0 amide bonds. The van der Waals surface area contributed by atoms with Gasteiger partial charge in [0.05, 0.1) is 11.7 Å². The van der Waals surface area contributed by atoms with Crippen molar-refractivity contribution in [3.05, 3.63) is 18.0 Å². The zero-order valence-corrected chi connectivity index (χ0v) is 12.6. The third-order valence-electron chi connectivity index (χ3n) is 4.04. The Labute approximate surface area is 117 Å². The van der Waals surface area contributed by atoms with E-state index < -0.39 is 0 Å². The first-order valence-corrected chi connectivity index (χ1v) is 7.72. The van der Waals surface area contributed by atoms with Crippen LogP contribution >= 0.6 is 0 Å². The lowest BCUT2D eigenvalue weighted by Crippen LogP contribution is -2.35. The average Bonchev–Trinajstić information content (AvgIpc) is 2.74. The number of hydrogen-bond donors (Lipinski definition) is 1. The van der Waals surface area contributed by atoms with E-state index >= 15 is 0 Å². The molecule has 4 heteroatoms. The van der Waals surface area contributed by atoms with Crippen LogP contribution in [0.4, 0.5) is 0 Å². The molecular weight excluding hydrogens is 236 g/mol. The van der Waals surface area contributed by atoms with E-state index in [0.29, 0.717) is 12.1 Å². The third kappa shape index (κ3) is 4.05. The SMILES string of the molecule is CCC(CC)n1ccc(CN2CCCNC(C)C2)n1. The Morgan fingerprint density at radius 1 is 1.42 bits per heavy atom. The molecule has 1 fully saturated rings. The summed E-state index contributed by atoms with van der Waals surface area (Å²) in [6, 6.07) is 3.32. The maximum absolute atomic E-state index is 4.76. The minimum Gasteiger partial charge on any atom is -0.313 e. The van der Waals surface area contributed by atoms with Gasteiger partial charge in [-0.2, -0.15) is 5.10 Å². The van der Waals surface area contributed by atoms with Crippen LogP contribution in [0.2, 0.25) is 0 Å². The van der Waals surface area contributed by atoms with Crippen molar-refractivity contribution >= 4 is 0 Å². The zero-order valence-electron chi connectivity index (χ0n) is 12.6. The van der Waals surface area contributed by atoms with E-state index in [9.17, 15) is 0 Å². The van der Waals surface area contributed by atoms with E-state index in [0.717, 1.165) is 32.5 Å². The topological polar surface area (TPSA) is 33.1 Å². The normalized spacial score (nSPS) is 21.8. The molecule has 1 N–H and O–H groups in total. The fraction of sp³-hybridized carbons (Fsp3) is 0.800. The van der Waals surface area contributed by atoms with Gasteiger partial charge in [0, 0.05) is 25.3 Å². The van der Waals surface area contributed by atoms with Crippen LogP contribution in [0.1, 0.15) is 51.8 Å². The standard InChI is InChI=1S/C15H28N4/c1-4-15(5-2)19-10-7-14(17-19)12-18-9-6-8-16-13(3)11-18/h7,10,13,15-16H,4-6,8-9,11-12H2,1-3H3. The Balaban J connectivity index is 1.95. The van der Waals surface area contributed by atoms with Crippen LogP contribution in [-0.2, 0) is 6.54 Å². The van der Waals surface area contributed by atoms with Gasteiger partial charge < -0.3 is 5.32 Å². The molecule has 1 unspecified atom stereocenters. The molecule has 4 nitrogen and oxygen atoms in total. The maximum atomic E-state index is 4.76. The predicted octanol–water partition coefficient (Wildman–Crippen LogP) is 2.43. The van der Waals surface area contributed by atoms with Crippen molar-refractivity contribution in [2.24, 2.45) is 0 Å². The van der Waals surface area contributed by atoms with Crippen LogP contribution < -0.4 is 5.32 Å². The molecule has 108 valence electrons.